The van der Waals surface area contributed by atoms with Gasteiger partial charge in [0, 0.05) is 29.7 Å². The normalized spacial score (nSPS) is 16.6. The largest absolute Gasteiger partial charge is 0.488 e. The summed E-state index contributed by atoms with van der Waals surface area (Å²) in [6.45, 7) is 1.50. The number of hydrogen-bond donors (Lipinski definition) is 1. The van der Waals surface area contributed by atoms with Gasteiger partial charge in [0.05, 0.1) is 17.8 Å². The third kappa shape index (κ3) is 3.91. The summed E-state index contributed by atoms with van der Waals surface area (Å²) >= 11 is 0. The van der Waals surface area contributed by atoms with E-state index in [1.165, 1.54) is 5.56 Å². The molecule has 152 valence electrons. The summed E-state index contributed by atoms with van der Waals surface area (Å²) in [5, 5.41) is 9.10. The molecule has 2 heterocycles. The molecule has 1 unspecified atom stereocenters. The van der Waals surface area contributed by atoms with E-state index in [1.807, 2.05) is 18.2 Å². The lowest BCUT2D eigenvalue weighted by atomic mass is 10.0. The number of carboxylic acid groups (broad SMARTS) is 1. The zero-order chi connectivity index (χ0) is 21.2. The van der Waals surface area contributed by atoms with Crippen LogP contribution in [0.3, 0.4) is 0 Å². The van der Waals surface area contributed by atoms with Crippen LogP contribution in [0.5, 0.6) is 0 Å². The van der Waals surface area contributed by atoms with Gasteiger partial charge in [0.2, 0.25) is 0 Å². The minimum atomic E-state index is -0.926. The molecule has 3 aromatic carbocycles. The Morgan fingerprint density at radius 2 is 1.68 bits per heavy atom. The summed E-state index contributed by atoms with van der Waals surface area (Å²) < 4.78 is 6.26. The third-order valence-electron chi connectivity index (χ3n) is 5.66. The van der Waals surface area contributed by atoms with Crippen LogP contribution in [-0.4, -0.2) is 23.7 Å². The standard InChI is InChI=1S/C27H21NO3/c29-27(30)22-13-11-21(12-14-22)26-16-15-24(31-26)18-28-17-23-7-2-1-5-19(23)9-10-20-6-3-4-8-25(20)28/h1-8,11-14,16,24H,15,17-18H2,(H,29,30). The first-order chi connectivity index (χ1) is 15.2. The Morgan fingerprint density at radius 3 is 2.48 bits per heavy atom. The fourth-order valence-corrected chi connectivity index (χ4v) is 4.06. The Bertz CT molecular complexity index is 1230. The maximum Gasteiger partial charge on any atom is 0.335 e. The van der Waals surface area contributed by atoms with Crippen molar-refractivity contribution in [3.8, 4) is 11.8 Å². The lowest BCUT2D eigenvalue weighted by molar-refractivity contribution is 0.0697. The summed E-state index contributed by atoms with van der Waals surface area (Å²) in [5.41, 5.74) is 5.58. The van der Waals surface area contributed by atoms with Crippen LogP contribution in [0.1, 0.15) is 39.0 Å². The van der Waals surface area contributed by atoms with E-state index in [9.17, 15) is 4.79 Å². The van der Waals surface area contributed by atoms with Crippen molar-refractivity contribution in [2.24, 2.45) is 0 Å². The number of anilines is 1. The van der Waals surface area contributed by atoms with E-state index in [2.05, 4.69) is 53.1 Å². The highest BCUT2D eigenvalue weighted by Crippen LogP contribution is 2.30. The highest BCUT2D eigenvalue weighted by Gasteiger charge is 2.24. The Morgan fingerprint density at radius 1 is 0.968 bits per heavy atom. The van der Waals surface area contributed by atoms with Crippen LogP contribution in [0.25, 0.3) is 5.76 Å². The lowest BCUT2D eigenvalue weighted by Crippen LogP contribution is -2.33. The van der Waals surface area contributed by atoms with Gasteiger partial charge in [-0.05, 0) is 42.0 Å². The first-order valence-electron chi connectivity index (χ1n) is 10.3. The number of benzene rings is 3. The molecule has 4 nitrogen and oxygen atoms in total. The van der Waals surface area contributed by atoms with Gasteiger partial charge in [-0.3, -0.25) is 0 Å². The van der Waals surface area contributed by atoms with Crippen LogP contribution in [0.4, 0.5) is 5.69 Å². The molecular weight excluding hydrogens is 386 g/mol. The number of aromatic carboxylic acids is 1. The van der Waals surface area contributed by atoms with Gasteiger partial charge in [0.1, 0.15) is 11.9 Å². The number of fused-ring (bicyclic) bond motifs is 2. The van der Waals surface area contributed by atoms with Gasteiger partial charge in [-0.1, -0.05) is 54.3 Å². The molecule has 0 aliphatic carbocycles. The van der Waals surface area contributed by atoms with Crippen LogP contribution in [-0.2, 0) is 11.3 Å². The molecule has 2 aliphatic rings. The van der Waals surface area contributed by atoms with Crippen LogP contribution in [0.15, 0.2) is 78.9 Å². The van der Waals surface area contributed by atoms with Crippen LogP contribution < -0.4 is 4.90 Å². The van der Waals surface area contributed by atoms with Crippen molar-refractivity contribution >= 4 is 17.4 Å². The predicted octanol–water partition coefficient (Wildman–Crippen LogP) is 4.93. The minimum Gasteiger partial charge on any atom is -0.488 e. The van der Waals surface area contributed by atoms with Gasteiger partial charge in [0.25, 0.3) is 0 Å². The van der Waals surface area contributed by atoms with Gasteiger partial charge in [-0.15, -0.1) is 0 Å². The SMILES string of the molecule is O=C(O)c1ccc(C2=CCC(CN3Cc4ccccc4C#Cc4ccccc43)O2)cc1. The number of carboxylic acids is 1. The molecule has 0 amide bonds. The third-order valence-corrected chi connectivity index (χ3v) is 5.66. The number of nitrogens with zero attached hydrogens (tertiary/aromatic N) is 1. The molecule has 4 heteroatoms. The molecule has 1 atom stereocenters. The summed E-state index contributed by atoms with van der Waals surface area (Å²) in [7, 11) is 0. The summed E-state index contributed by atoms with van der Waals surface area (Å²) in [6, 6.07) is 23.3. The van der Waals surface area contributed by atoms with Gasteiger partial charge < -0.3 is 14.7 Å². The fraction of sp³-hybridized carbons (Fsp3) is 0.148. The first kappa shape index (κ1) is 19.0. The quantitative estimate of drug-likeness (QED) is 0.623. The highest BCUT2D eigenvalue weighted by molar-refractivity contribution is 5.88. The molecule has 31 heavy (non-hydrogen) atoms. The number of para-hydroxylation sites is 1. The average Bonchev–Trinajstić information content (AvgIpc) is 3.25. The Balaban J connectivity index is 1.37. The molecule has 0 saturated carbocycles. The van der Waals surface area contributed by atoms with E-state index in [0.29, 0.717) is 0 Å². The van der Waals surface area contributed by atoms with Crippen molar-refractivity contribution in [2.45, 2.75) is 19.1 Å². The summed E-state index contributed by atoms with van der Waals surface area (Å²) in [4.78, 5) is 13.4. The maximum absolute atomic E-state index is 11.1. The van der Waals surface area contributed by atoms with Crippen molar-refractivity contribution in [3.63, 3.8) is 0 Å². The second-order valence-corrected chi connectivity index (χ2v) is 7.73. The molecule has 1 N–H and O–H groups in total. The maximum atomic E-state index is 11.1. The van der Waals surface area contributed by atoms with Crippen molar-refractivity contribution in [1.82, 2.24) is 0 Å². The van der Waals surface area contributed by atoms with Crippen molar-refractivity contribution in [1.29, 1.82) is 0 Å². The van der Waals surface area contributed by atoms with E-state index in [-0.39, 0.29) is 11.7 Å². The second-order valence-electron chi connectivity index (χ2n) is 7.73. The number of hydrogen-bond acceptors (Lipinski definition) is 3. The van der Waals surface area contributed by atoms with Gasteiger partial charge >= 0.3 is 5.97 Å². The van der Waals surface area contributed by atoms with Crippen molar-refractivity contribution in [2.75, 3.05) is 11.4 Å². The minimum absolute atomic E-state index is 0.0155. The smallest absolute Gasteiger partial charge is 0.335 e. The van der Waals surface area contributed by atoms with Crippen LogP contribution in [0, 0.1) is 11.8 Å². The molecule has 0 radical (unpaired) electrons. The van der Waals surface area contributed by atoms with E-state index in [1.54, 1.807) is 24.3 Å². The zero-order valence-electron chi connectivity index (χ0n) is 16.9. The molecule has 0 spiro atoms. The fourth-order valence-electron chi connectivity index (χ4n) is 4.06. The van der Waals surface area contributed by atoms with Crippen LogP contribution >= 0.6 is 0 Å². The van der Waals surface area contributed by atoms with E-state index >= 15 is 0 Å². The number of ether oxygens (including phenoxy) is 1. The summed E-state index contributed by atoms with van der Waals surface area (Å²) in [5.74, 6) is 6.53. The Kier molecular flexibility index (Phi) is 4.93. The van der Waals surface area contributed by atoms with Crippen molar-refractivity contribution < 1.29 is 14.6 Å². The molecule has 0 saturated heterocycles. The van der Waals surface area contributed by atoms with Crippen molar-refractivity contribution in [3.05, 3.63) is 107 Å². The number of rotatable bonds is 4. The van der Waals surface area contributed by atoms with E-state index < -0.39 is 5.97 Å². The van der Waals surface area contributed by atoms with Gasteiger partial charge in [0.15, 0.2) is 0 Å². The lowest BCUT2D eigenvalue weighted by Gasteiger charge is -2.30. The first-order valence-corrected chi connectivity index (χ1v) is 10.3. The Labute approximate surface area is 181 Å². The Hall–Kier alpha value is -3.97. The molecule has 0 bridgehead atoms. The van der Waals surface area contributed by atoms with Crippen LogP contribution in [0.2, 0.25) is 0 Å². The molecule has 3 aromatic rings. The molecule has 0 aromatic heterocycles. The monoisotopic (exact) mass is 407 g/mol. The molecule has 5 rings (SSSR count). The molecular formula is C27H21NO3. The molecule has 0 fully saturated rings. The van der Waals surface area contributed by atoms with E-state index in [4.69, 9.17) is 9.84 Å². The second kappa shape index (κ2) is 8.04. The summed E-state index contributed by atoms with van der Waals surface area (Å²) in [6.07, 6.45) is 2.91. The van der Waals surface area contributed by atoms with Gasteiger partial charge in [-0.2, -0.15) is 0 Å². The zero-order valence-corrected chi connectivity index (χ0v) is 16.9. The predicted molar refractivity (Wildman–Crippen MR) is 121 cm³/mol. The number of carbonyl (C=O) groups is 1. The van der Waals surface area contributed by atoms with E-state index in [0.717, 1.165) is 47.6 Å². The topological polar surface area (TPSA) is 49.8 Å². The molecule has 2 aliphatic heterocycles. The average molecular weight is 407 g/mol. The highest BCUT2D eigenvalue weighted by atomic mass is 16.5. The van der Waals surface area contributed by atoms with Gasteiger partial charge in [-0.25, -0.2) is 4.79 Å².